The molecule has 0 bridgehead atoms. The minimum Gasteiger partial charge on any atom is -0.382 e. The van der Waals surface area contributed by atoms with Crippen LogP contribution in [0, 0.1) is 0 Å². The van der Waals surface area contributed by atoms with Crippen molar-refractivity contribution in [3.63, 3.8) is 0 Å². The van der Waals surface area contributed by atoms with Crippen molar-refractivity contribution in [2.75, 3.05) is 20.3 Å². The van der Waals surface area contributed by atoms with Gasteiger partial charge in [-0.3, -0.25) is 0 Å². The first-order chi connectivity index (χ1) is 7.81. The largest absolute Gasteiger partial charge is 0.382 e. The van der Waals surface area contributed by atoms with Gasteiger partial charge in [0, 0.05) is 19.3 Å². The Balaban J connectivity index is 2.62. The number of benzene rings is 1. The van der Waals surface area contributed by atoms with Crippen LogP contribution in [0.25, 0.3) is 0 Å². The van der Waals surface area contributed by atoms with Crippen LogP contribution in [0.15, 0.2) is 24.3 Å². The van der Waals surface area contributed by atoms with Crippen molar-refractivity contribution >= 4 is 0 Å². The second-order valence-corrected chi connectivity index (χ2v) is 3.93. The molecule has 1 atom stereocenters. The molecule has 0 spiro atoms. The zero-order valence-electron chi connectivity index (χ0n) is 10.6. The molecular formula is C14H23NO. The molecule has 0 aliphatic heterocycles. The van der Waals surface area contributed by atoms with E-state index < -0.39 is 0 Å². The fourth-order valence-corrected chi connectivity index (χ4v) is 1.85. The molecule has 0 saturated heterocycles. The van der Waals surface area contributed by atoms with E-state index in [1.165, 1.54) is 11.1 Å². The van der Waals surface area contributed by atoms with E-state index >= 15 is 0 Å². The van der Waals surface area contributed by atoms with Gasteiger partial charge in [0.05, 0.1) is 0 Å². The molecule has 0 saturated carbocycles. The molecule has 0 amide bonds. The molecule has 0 aliphatic rings. The van der Waals surface area contributed by atoms with Crippen molar-refractivity contribution in [1.29, 1.82) is 0 Å². The lowest BCUT2D eigenvalue weighted by molar-refractivity contribution is 0.137. The summed E-state index contributed by atoms with van der Waals surface area (Å²) in [5.74, 6) is 0. The highest BCUT2D eigenvalue weighted by atomic mass is 16.5. The van der Waals surface area contributed by atoms with E-state index in [2.05, 4.69) is 36.5 Å². The summed E-state index contributed by atoms with van der Waals surface area (Å²) in [6, 6.07) is 9.19. The Kier molecular flexibility index (Phi) is 6.12. The Hall–Kier alpha value is -0.860. The summed E-state index contributed by atoms with van der Waals surface area (Å²) in [7, 11) is 2.01. The van der Waals surface area contributed by atoms with E-state index in [4.69, 9.17) is 4.74 Å². The van der Waals surface area contributed by atoms with Crippen molar-refractivity contribution in [3.8, 4) is 0 Å². The van der Waals surface area contributed by atoms with Gasteiger partial charge in [-0.25, -0.2) is 0 Å². The van der Waals surface area contributed by atoms with Crippen molar-refractivity contribution in [3.05, 3.63) is 35.4 Å². The molecule has 2 nitrogen and oxygen atoms in total. The fraction of sp³-hybridized carbons (Fsp3) is 0.571. The Morgan fingerprint density at radius 1 is 1.31 bits per heavy atom. The lowest BCUT2D eigenvalue weighted by Crippen LogP contribution is -2.18. The Morgan fingerprint density at radius 2 is 2.12 bits per heavy atom. The summed E-state index contributed by atoms with van der Waals surface area (Å²) in [6.07, 6.45) is 2.12. The van der Waals surface area contributed by atoms with Crippen LogP contribution in [-0.2, 0) is 11.2 Å². The number of hydrogen-bond acceptors (Lipinski definition) is 2. The Labute approximate surface area is 99.0 Å². The molecule has 1 N–H and O–H groups in total. The van der Waals surface area contributed by atoms with Gasteiger partial charge < -0.3 is 10.1 Å². The highest BCUT2D eigenvalue weighted by Gasteiger charge is 2.08. The molecule has 0 aliphatic carbocycles. The maximum Gasteiger partial charge on any atom is 0.0484 e. The van der Waals surface area contributed by atoms with Gasteiger partial charge in [-0.05, 0) is 37.9 Å². The zero-order valence-corrected chi connectivity index (χ0v) is 10.6. The van der Waals surface area contributed by atoms with E-state index in [1.54, 1.807) is 0 Å². The Bertz CT molecular complexity index is 299. The fourth-order valence-electron chi connectivity index (χ4n) is 1.85. The second kappa shape index (κ2) is 7.42. The summed E-state index contributed by atoms with van der Waals surface area (Å²) < 4.78 is 5.40. The van der Waals surface area contributed by atoms with Gasteiger partial charge in [0.15, 0.2) is 0 Å². The van der Waals surface area contributed by atoms with Crippen molar-refractivity contribution in [1.82, 2.24) is 5.32 Å². The maximum atomic E-state index is 5.40. The highest BCUT2D eigenvalue weighted by Crippen LogP contribution is 2.18. The zero-order chi connectivity index (χ0) is 11.8. The van der Waals surface area contributed by atoms with E-state index in [0.717, 1.165) is 26.1 Å². The molecule has 90 valence electrons. The molecule has 0 heterocycles. The van der Waals surface area contributed by atoms with Crippen molar-refractivity contribution < 1.29 is 4.74 Å². The number of hydrogen-bond donors (Lipinski definition) is 1. The van der Waals surface area contributed by atoms with Crippen LogP contribution >= 0.6 is 0 Å². The number of nitrogens with one attached hydrogen (secondary N) is 1. The van der Waals surface area contributed by atoms with E-state index in [9.17, 15) is 0 Å². The maximum absolute atomic E-state index is 5.40. The SMILES string of the molecule is CCOCCC(NC)c1cccc(CC)c1. The first-order valence-corrected chi connectivity index (χ1v) is 6.15. The molecule has 0 radical (unpaired) electrons. The van der Waals surface area contributed by atoms with Crippen LogP contribution in [0.2, 0.25) is 0 Å². The van der Waals surface area contributed by atoms with E-state index in [-0.39, 0.29) is 0 Å². The minimum absolute atomic E-state index is 0.401. The first-order valence-electron chi connectivity index (χ1n) is 6.15. The monoisotopic (exact) mass is 221 g/mol. The van der Waals surface area contributed by atoms with Crippen LogP contribution in [0.5, 0.6) is 0 Å². The summed E-state index contributed by atoms with van der Waals surface area (Å²) in [6.45, 7) is 5.84. The van der Waals surface area contributed by atoms with Crippen LogP contribution in [0.4, 0.5) is 0 Å². The molecule has 2 heteroatoms. The predicted octanol–water partition coefficient (Wildman–Crippen LogP) is 2.94. The lowest BCUT2D eigenvalue weighted by Gasteiger charge is -2.17. The van der Waals surface area contributed by atoms with Gasteiger partial charge in [-0.1, -0.05) is 31.2 Å². The molecule has 16 heavy (non-hydrogen) atoms. The van der Waals surface area contributed by atoms with Gasteiger partial charge >= 0.3 is 0 Å². The molecule has 0 aromatic heterocycles. The van der Waals surface area contributed by atoms with Crippen LogP contribution in [-0.4, -0.2) is 20.3 Å². The molecule has 0 fully saturated rings. The average Bonchev–Trinajstić information content (AvgIpc) is 2.35. The first kappa shape index (κ1) is 13.2. The quantitative estimate of drug-likeness (QED) is 0.715. The van der Waals surface area contributed by atoms with E-state index in [1.807, 2.05) is 14.0 Å². The predicted molar refractivity (Wildman–Crippen MR) is 68.7 cm³/mol. The highest BCUT2D eigenvalue weighted by molar-refractivity contribution is 5.26. The van der Waals surface area contributed by atoms with Gasteiger partial charge in [0.25, 0.3) is 0 Å². The lowest BCUT2D eigenvalue weighted by atomic mass is 10.0. The molecule has 1 aromatic carbocycles. The molecule has 1 aromatic rings. The third-order valence-corrected chi connectivity index (χ3v) is 2.87. The van der Waals surface area contributed by atoms with Gasteiger partial charge in [0.2, 0.25) is 0 Å². The summed E-state index contributed by atoms with van der Waals surface area (Å²) in [4.78, 5) is 0. The number of rotatable bonds is 7. The second-order valence-electron chi connectivity index (χ2n) is 3.93. The van der Waals surface area contributed by atoms with Crippen LogP contribution < -0.4 is 5.32 Å². The number of aryl methyl sites for hydroxylation is 1. The van der Waals surface area contributed by atoms with Crippen LogP contribution in [0.3, 0.4) is 0 Å². The molecule has 1 unspecified atom stereocenters. The smallest absolute Gasteiger partial charge is 0.0484 e. The minimum atomic E-state index is 0.401. The van der Waals surface area contributed by atoms with Gasteiger partial charge in [0.1, 0.15) is 0 Å². The molecule has 1 rings (SSSR count). The summed E-state index contributed by atoms with van der Waals surface area (Å²) >= 11 is 0. The van der Waals surface area contributed by atoms with E-state index in [0.29, 0.717) is 6.04 Å². The summed E-state index contributed by atoms with van der Waals surface area (Å²) in [5, 5.41) is 3.35. The summed E-state index contributed by atoms with van der Waals surface area (Å²) in [5.41, 5.74) is 2.76. The van der Waals surface area contributed by atoms with Gasteiger partial charge in [-0.15, -0.1) is 0 Å². The topological polar surface area (TPSA) is 21.3 Å². The molecular weight excluding hydrogens is 198 g/mol. The third-order valence-electron chi connectivity index (χ3n) is 2.87. The van der Waals surface area contributed by atoms with Gasteiger partial charge in [-0.2, -0.15) is 0 Å². The Morgan fingerprint density at radius 3 is 2.75 bits per heavy atom. The normalized spacial score (nSPS) is 12.7. The van der Waals surface area contributed by atoms with Crippen molar-refractivity contribution in [2.45, 2.75) is 32.7 Å². The standard InChI is InChI=1S/C14H23NO/c1-4-12-7-6-8-13(11-12)14(15-3)9-10-16-5-2/h6-8,11,14-15H,4-5,9-10H2,1-3H3. The van der Waals surface area contributed by atoms with Crippen LogP contribution in [0.1, 0.15) is 37.4 Å². The number of ether oxygens (including phenoxy) is 1. The third kappa shape index (κ3) is 3.95. The van der Waals surface area contributed by atoms with Crippen molar-refractivity contribution in [2.24, 2.45) is 0 Å². The average molecular weight is 221 g/mol.